The number of carbonyl (C=O) groups is 2. The van der Waals surface area contributed by atoms with Crippen LogP contribution in [0.15, 0.2) is 36.8 Å². The number of Topliss-reactive ketones (excluding diaryl/α,β-unsaturated/α-hetero) is 1. The van der Waals surface area contributed by atoms with E-state index in [0.717, 1.165) is 11.3 Å². The highest BCUT2D eigenvalue weighted by Crippen LogP contribution is 2.12. The fourth-order valence-electron chi connectivity index (χ4n) is 3.04. The van der Waals surface area contributed by atoms with E-state index in [1.54, 1.807) is 12.5 Å². The maximum absolute atomic E-state index is 11.9. The van der Waals surface area contributed by atoms with Crippen molar-refractivity contribution in [2.24, 2.45) is 5.92 Å². The van der Waals surface area contributed by atoms with Crippen molar-refractivity contribution < 1.29 is 14.7 Å². The number of imidazole rings is 1. The summed E-state index contributed by atoms with van der Waals surface area (Å²) in [6.07, 6.45) is 4.28. The number of carboxylic acids is 1. The number of aromatic nitrogens is 2. The number of aryl methyl sites for hydroxylation is 1. The molecule has 0 aliphatic carbocycles. The van der Waals surface area contributed by atoms with Gasteiger partial charge in [0.25, 0.3) is 0 Å². The molecule has 27 heavy (non-hydrogen) atoms. The van der Waals surface area contributed by atoms with Crippen LogP contribution < -0.4 is 5.32 Å². The number of carbonyl (C=O) groups excluding carboxylic acids is 1. The molecule has 1 unspecified atom stereocenters. The first-order valence-corrected chi connectivity index (χ1v) is 9.30. The van der Waals surface area contributed by atoms with E-state index in [1.165, 1.54) is 12.5 Å². The van der Waals surface area contributed by atoms with Crippen LogP contribution in [0.1, 0.15) is 44.0 Å². The highest BCUT2D eigenvalue weighted by Gasteiger charge is 2.26. The van der Waals surface area contributed by atoms with E-state index in [2.05, 4.69) is 34.6 Å². The summed E-state index contributed by atoms with van der Waals surface area (Å²) in [6.45, 7) is 8.21. The second kappa shape index (κ2) is 9.46. The van der Waals surface area contributed by atoms with Gasteiger partial charge >= 0.3 is 5.97 Å². The van der Waals surface area contributed by atoms with Gasteiger partial charge in [-0.05, 0) is 31.7 Å². The molecule has 0 saturated carbocycles. The van der Waals surface area contributed by atoms with Crippen LogP contribution in [-0.4, -0.2) is 38.5 Å². The fourth-order valence-corrected chi connectivity index (χ4v) is 3.04. The molecule has 1 aromatic carbocycles. The Bertz CT molecular complexity index is 765. The summed E-state index contributed by atoms with van der Waals surface area (Å²) in [4.78, 5) is 27.9. The first-order chi connectivity index (χ1) is 12.8. The van der Waals surface area contributed by atoms with Crippen molar-refractivity contribution in [2.45, 2.75) is 59.2 Å². The summed E-state index contributed by atoms with van der Waals surface area (Å²) < 4.78 is 1.95. The van der Waals surface area contributed by atoms with Gasteiger partial charge in [0.15, 0.2) is 0 Å². The van der Waals surface area contributed by atoms with E-state index in [9.17, 15) is 14.7 Å². The van der Waals surface area contributed by atoms with Crippen LogP contribution in [0, 0.1) is 12.8 Å². The molecule has 1 aromatic heterocycles. The number of rotatable bonds is 10. The lowest BCUT2D eigenvalue weighted by Gasteiger charge is -2.23. The molecule has 2 rings (SSSR count). The maximum atomic E-state index is 11.9. The van der Waals surface area contributed by atoms with Gasteiger partial charge in [-0.2, -0.15) is 0 Å². The Morgan fingerprint density at radius 3 is 2.41 bits per heavy atom. The summed E-state index contributed by atoms with van der Waals surface area (Å²) in [5.74, 6) is -0.705. The van der Waals surface area contributed by atoms with Crippen molar-refractivity contribution >= 4 is 11.8 Å². The predicted molar refractivity (Wildman–Crippen MR) is 105 cm³/mol. The van der Waals surface area contributed by atoms with Gasteiger partial charge in [0, 0.05) is 24.9 Å². The Balaban J connectivity index is 2.12. The lowest BCUT2D eigenvalue weighted by molar-refractivity contribution is -0.139. The minimum atomic E-state index is -0.965. The molecule has 0 amide bonds. The molecular formula is C21H29N3O3. The van der Waals surface area contributed by atoms with Crippen LogP contribution in [0.2, 0.25) is 0 Å². The van der Waals surface area contributed by atoms with Gasteiger partial charge in [-0.25, -0.2) is 4.98 Å². The van der Waals surface area contributed by atoms with E-state index in [1.807, 2.05) is 25.3 Å². The van der Waals surface area contributed by atoms with Gasteiger partial charge in [-0.1, -0.05) is 43.7 Å². The largest absolute Gasteiger partial charge is 0.480 e. The van der Waals surface area contributed by atoms with Crippen molar-refractivity contribution in [1.29, 1.82) is 0 Å². The van der Waals surface area contributed by atoms with E-state index < -0.39 is 18.1 Å². The quantitative estimate of drug-likeness (QED) is 0.671. The van der Waals surface area contributed by atoms with Crippen molar-refractivity contribution in [3.05, 3.63) is 53.6 Å². The standard InChI is InChI=1S/C21H29N3O3/c1-14(2)9-19(16(4)25)23-20(21(26)27)10-18-11-22-13-24(18)12-17-7-5-15(3)6-8-17/h5-8,11,13-14,19-20,23H,9-10,12H2,1-4H3,(H,26,27)/t19?,20-/m0/s1. The molecule has 146 valence electrons. The molecule has 6 heteroatoms. The molecule has 0 aliphatic rings. The number of benzene rings is 1. The average Bonchev–Trinajstić information content (AvgIpc) is 3.01. The van der Waals surface area contributed by atoms with Gasteiger partial charge in [-0.15, -0.1) is 0 Å². The van der Waals surface area contributed by atoms with Crippen LogP contribution in [0.25, 0.3) is 0 Å². The number of nitrogens with zero attached hydrogens (tertiary/aromatic N) is 2. The van der Waals surface area contributed by atoms with Gasteiger partial charge in [0.2, 0.25) is 0 Å². The Kier molecular flexibility index (Phi) is 7.30. The third kappa shape index (κ3) is 6.32. The van der Waals surface area contributed by atoms with Crippen molar-refractivity contribution in [3.8, 4) is 0 Å². The maximum Gasteiger partial charge on any atom is 0.321 e. The molecule has 6 nitrogen and oxygen atoms in total. The summed E-state index contributed by atoms with van der Waals surface area (Å²) >= 11 is 0. The van der Waals surface area contributed by atoms with E-state index in [-0.39, 0.29) is 12.2 Å². The predicted octanol–water partition coefficient (Wildman–Crippen LogP) is 2.83. The number of ketones is 1. The summed E-state index contributed by atoms with van der Waals surface area (Å²) in [5, 5.41) is 12.7. The SMILES string of the molecule is CC(=O)C(CC(C)C)N[C@@H](Cc1cncn1Cc1ccc(C)cc1)C(=O)O. The Morgan fingerprint density at radius 2 is 1.85 bits per heavy atom. The molecule has 1 heterocycles. The zero-order chi connectivity index (χ0) is 20.0. The molecular weight excluding hydrogens is 342 g/mol. The molecule has 2 atom stereocenters. The fraction of sp³-hybridized carbons (Fsp3) is 0.476. The van der Waals surface area contributed by atoms with E-state index in [0.29, 0.717) is 18.9 Å². The Labute approximate surface area is 160 Å². The minimum absolute atomic E-state index is 0.0388. The molecule has 0 bridgehead atoms. The first-order valence-electron chi connectivity index (χ1n) is 9.30. The average molecular weight is 371 g/mol. The van der Waals surface area contributed by atoms with Gasteiger partial charge < -0.3 is 9.67 Å². The first kappa shape index (κ1) is 20.8. The Hall–Kier alpha value is -2.47. The van der Waals surface area contributed by atoms with Crippen LogP contribution in [0.5, 0.6) is 0 Å². The van der Waals surface area contributed by atoms with E-state index in [4.69, 9.17) is 0 Å². The monoisotopic (exact) mass is 371 g/mol. The number of aliphatic carboxylic acids is 1. The van der Waals surface area contributed by atoms with Crippen LogP contribution in [0.4, 0.5) is 0 Å². The van der Waals surface area contributed by atoms with Gasteiger partial charge in [-0.3, -0.25) is 14.9 Å². The molecule has 0 aliphatic heterocycles. The van der Waals surface area contributed by atoms with Crippen LogP contribution >= 0.6 is 0 Å². The lowest BCUT2D eigenvalue weighted by atomic mass is 9.99. The smallest absolute Gasteiger partial charge is 0.321 e. The molecule has 0 spiro atoms. The van der Waals surface area contributed by atoms with Crippen molar-refractivity contribution in [2.75, 3.05) is 0 Å². The van der Waals surface area contributed by atoms with Gasteiger partial charge in [0.1, 0.15) is 11.8 Å². The number of carboxylic acid groups (broad SMARTS) is 1. The second-order valence-electron chi connectivity index (χ2n) is 7.55. The summed E-state index contributed by atoms with van der Waals surface area (Å²) in [5.41, 5.74) is 3.14. The second-order valence-corrected chi connectivity index (χ2v) is 7.55. The van der Waals surface area contributed by atoms with Gasteiger partial charge in [0.05, 0.1) is 12.4 Å². The summed E-state index contributed by atoms with van der Waals surface area (Å²) in [6, 6.07) is 6.92. The highest BCUT2D eigenvalue weighted by molar-refractivity contribution is 5.82. The lowest BCUT2D eigenvalue weighted by Crippen LogP contribution is -2.48. The number of hydrogen-bond donors (Lipinski definition) is 2. The molecule has 0 fully saturated rings. The zero-order valence-corrected chi connectivity index (χ0v) is 16.5. The minimum Gasteiger partial charge on any atom is -0.480 e. The topological polar surface area (TPSA) is 84.2 Å². The molecule has 0 saturated heterocycles. The Morgan fingerprint density at radius 1 is 1.19 bits per heavy atom. The van der Waals surface area contributed by atoms with Crippen molar-refractivity contribution in [1.82, 2.24) is 14.9 Å². The molecule has 0 radical (unpaired) electrons. The summed E-state index contributed by atoms with van der Waals surface area (Å²) in [7, 11) is 0. The number of nitrogens with one attached hydrogen (secondary N) is 1. The third-order valence-electron chi connectivity index (χ3n) is 4.58. The van der Waals surface area contributed by atoms with Crippen LogP contribution in [0.3, 0.4) is 0 Å². The van der Waals surface area contributed by atoms with Crippen molar-refractivity contribution in [3.63, 3.8) is 0 Å². The highest BCUT2D eigenvalue weighted by atomic mass is 16.4. The van der Waals surface area contributed by atoms with E-state index >= 15 is 0 Å². The molecule has 2 N–H and O–H groups in total. The third-order valence-corrected chi connectivity index (χ3v) is 4.58. The number of hydrogen-bond acceptors (Lipinski definition) is 4. The van der Waals surface area contributed by atoms with Crippen LogP contribution in [-0.2, 0) is 22.6 Å². The zero-order valence-electron chi connectivity index (χ0n) is 16.5. The normalized spacial score (nSPS) is 13.5. The molecule has 2 aromatic rings.